The van der Waals surface area contributed by atoms with E-state index in [1.165, 1.54) is 231 Å². The van der Waals surface area contributed by atoms with Crippen LogP contribution in [0.2, 0.25) is 0 Å². The molecule has 3 atom stereocenters. The van der Waals surface area contributed by atoms with E-state index < -0.39 is 20.0 Å². The van der Waals surface area contributed by atoms with Crippen LogP contribution in [0.15, 0.2) is 24.3 Å². The van der Waals surface area contributed by atoms with Gasteiger partial charge in [0.25, 0.3) is 0 Å². The minimum absolute atomic E-state index is 0.0410. The highest BCUT2D eigenvalue weighted by Gasteiger charge is 2.30. The van der Waals surface area contributed by atoms with E-state index in [9.17, 15) is 19.0 Å². The van der Waals surface area contributed by atoms with Crippen LogP contribution in [-0.2, 0) is 27.9 Å². The lowest BCUT2D eigenvalue weighted by atomic mass is 10.0. The number of carbonyl (C=O) groups excluding carboxylic acids is 2. The Labute approximate surface area is 473 Å². The number of phosphoric ester groups is 1. The summed E-state index contributed by atoms with van der Waals surface area (Å²) in [6.45, 7) is 7.04. The van der Waals surface area contributed by atoms with Crippen LogP contribution in [0.1, 0.15) is 335 Å². The highest BCUT2D eigenvalue weighted by atomic mass is 31.2. The van der Waals surface area contributed by atoms with E-state index >= 15 is 0 Å². The third-order valence-corrected chi connectivity index (χ3v) is 16.1. The Bertz CT molecular complexity index is 1350. The first kappa shape index (κ1) is 74.5. The molecular weight excluding hydrogens is 964 g/mol. The van der Waals surface area contributed by atoms with Crippen molar-refractivity contribution in [3.63, 3.8) is 0 Å². The van der Waals surface area contributed by atoms with Gasteiger partial charge in [-0.05, 0) is 57.4 Å². The summed E-state index contributed by atoms with van der Waals surface area (Å²) in [6.07, 6.45) is 67.7. The van der Waals surface area contributed by atoms with Crippen molar-refractivity contribution in [3.05, 3.63) is 24.3 Å². The number of esters is 1. The van der Waals surface area contributed by atoms with E-state index in [0.717, 1.165) is 70.6 Å². The third kappa shape index (κ3) is 57.2. The molecule has 0 aromatic rings. The number of allylic oxidation sites excluding steroid dienone is 3. The summed E-state index contributed by atoms with van der Waals surface area (Å²) in [6, 6.07) is -0.850. The summed E-state index contributed by atoms with van der Waals surface area (Å²) in [5.74, 6) is -0.506. The number of phosphoric acid groups is 1. The molecular formula is C66H130N2O7P+. The predicted molar refractivity (Wildman–Crippen MR) is 328 cm³/mol. The van der Waals surface area contributed by atoms with Gasteiger partial charge in [0.05, 0.1) is 33.8 Å². The fraction of sp³-hybridized carbons (Fsp3) is 0.909. The van der Waals surface area contributed by atoms with Gasteiger partial charge in [-0.2, -0.15) is 0 Å². The molecule has 0 radical (unpaired) electrons. The standard InChI is InChI=1S/C66H129N2O7P/c1-7-10-13-16-19-22-25-28-29-30-31-32-33-34-35-36-37-38-39-41-44-47-50-53-56-59-66(70)75-64(57-54-51-48-45-42-27-24-21-18-15-12-9-3)63(62-74-76(71,72)73-61-60-68(4,5)6)67-65(69)58-55-52-49-46-43-40-26-23-20-17-14-11-8-2/h40,43,54,57,63-64H,7-39,41-42,44-53,55-56,58-62H2,1-6H3,(H-,67,69,71,72)/p+1/b43-40-,57-54-. The fourth-order valence-electron chi connectivity index (χ4n) is 10.00. The average molecular weight is 1090 g/mol. The maximum atomic E-state index is 13.5. The van der Waals surface area contributed by atoms with E-state index in [0.29, 0.717) is 23.9 Å². The van der Waals surface area contributed by atoms with Gasteiger partial charge < -0.3 is 19.4 Å². The molecule has 0 fully saturated rings. The zero-order chi connectivity index (χ0) is 55.7. The molecule has 0 bridgehead atoms. The summed E-state index contributed by atoms with van der Waals surface area (Å²) in [5.41, 5.74) is 0. The van der Waals surface area contributed by atoms with Gasteiger partial charge in [-0.25, -0.2) is 4.57 Å². The van der Waals surface area contributed by atoms with Crippen LogP contribution in [0, 0.1) is 0 Å². The lowest BCUT2D eigenvalue weighted by molar-refractivity contribution is -0.870. The van der Waals surface area contributed by atoms with Crippen molar-refractivity contribution in [2.75, 3.05) is 40.9 Å². The number of rotatable bonds is 61. The van der Waals surface area contributed by atoms with Crippen LogP contribution in [-0.4, -0.2) is 74.3 Å². The molecule has 10 heteroatoms. The van der Waals surface area contributed by atoms with Gasteiger partial charge in [-0.15, -0.1) is 0 Å². The van der Waals surface area contributed by atoms with Gasteiger partial charge in [0.15, 0.2) is 0 Å². The van der Waals surface area contributed by atoms with Crippen molar-refractivity contribution in [2.24, 2.45) is 0 Å². The second-order valence-corrected chi connectivity index (χ2v) is 25.5. The third-order valence-electron chi connectivity index (χ3n) is 15.1. The van der Waals surface area contributed by atoms with Gasteiger partial charge in [0, 0.05) is 12.8 Å². The molecule has 450 valence electrons. The van der Waals surface area contributed by atoms with Crippen molar-refractivity contribution < 1.29 is 37.3 Å². The molecule has 2 N–H and O–H groups in total. The van der Waals surface area contributed by atoms with E-state index in [4.69, 9.17) is 13.8 Å². The zero-order valence-corrected chi connectivity index (χ0v) is 52.4. The van der Waals surface area contributed by atoms with Gasteiger partial charge in [0.2, 0.25) is 5.91 Å². The van der Waals surface area contributed by atoms with E-state index in [1.807, 2.05) is 33.3 Å². The van der Waals surface area contributed by atoms with Gasteiger partial charge in [-0.1, -0.05) is 289 Å². The maximum absolute atomic E-state index is 13.5. The summed E-state index contributed by atoms with van der Waals surface area (Å²) in [7, 11) is 1.50. The fourth-order valence-corrected chi connectivity index (χ4v) is 10.7. The molecule has 76 heavy (non-hydrogen) atoms. The number of carbonyl (C=O) groups is 2. The van der Waals surface area contributed by atoms with Crippen molar-refractivity contribution in [1.82, 2.24) is 5.32 Å². The summed E-state index contributed by atoms with van der Waals surface area (Å²) in [5, 5.41) is 3.05. The molecule has 9 nitrogen and oxygen atoms in total. The number of nitrogens with zero attached hydrogens (tertiary/aromatic N) is 1. The molecule has 0 spiro atoms. The number of hydrogen-bond acceptors (Lipinski definition) is 6. The Morgan fingerprint density at radius 2 is 0.763 bits per heavy atom. The quantitative estimate of drug-likeness (QED) is 0.0205. The lowest BCUT2D eigenvalue weighted by Gasteiger charge is -2.27. The predicted octanol–water partition coefficient (Wildman–Crippen LogP) is 20.5. The maximum Gasteiger partial charge on any atom is 0.472 e. The minimum Gasteiger partial charge on any atom is -0.456 e. The number of likely N-dealkylation sites (N-methyl/N-ethyl adjacent to an activating group) is 1. The van der Waals surface area contributed by atoms with Crippen LogP contribution in [0.3, 0.4) is 0 Å². The number of ether oxygens (including phenoxy) is 1. The summed E-state index contributed by atoms with van der Waals surface area (Å²) < 4.78 is 30.7. The second-order valence-electron chi connectivity index (χ2n) is 24.0. The highest BCUT2D eigenvalue weighted by Crippen LogP contribution is 2.43. The Balaban J connectivity index is 5.03. The van der Waals surface area contributed by atoms with Gasteiger partial charge >= 0.3 is 13.8 Å². The molecule has 0 heterocycles. The Morgan fingerprint density at radius 1 is 0.447 bits per heavy atom. The first-order chi connectivity index (χ1) is 36.9. The van der Waals surface area contributed by atoms with Crippen molar-refractivity contribution in [2.45, 2.75) is 348 Å². The monoisotopic (exact) mass is 1090 g/mol. The van der Waals surface area contributed by atoms with Crippen molar-refractivity contribution >= 4 is 19.7 Å². The highest BCUT2D eigenvalue weighted by molar-refractivity contribution is 7.47. The number of quaternary nitrogens is 1. The van der Waals surface area contributed by atoms with Crippen LogP contribution >= 0.6 is 7.82 Å². The number of nitrogens with one attached hydrogen (secondary N) is 1. The van der Waals surface area contributed by atoms with E-state index in [-0.39, 0.29) is 25.1 Å². The Kier molecular flexibility index (Phi) is 55.6. The van der Waals surface area contributed by atoms with Crippen molar-refractivity contribution in [1.29, 1.82) is 0 Å². The van der Waals surface area contributed by atoms with E-state index in [2.05, 4.69) is 38.2 Å². The molecule has 0 saturated heterocycles. The molecule has 1 amide bonds. The molecule has 0 aliphatic rings. The second kappa shape index (κ2) is 56.8. The first-order valence-corrected chi connectivity index (χ1v) is 34.7. The number of amides is 1. The Morgan fingerprint density at radius 3 is 1.13 bits per heavy atom. The zero-order valence-electron chi connectivity index (χ0n) is 51.5. The molecule has 0 aromatic carbocycles. The lowest BCUT2D eigenvalue weighted by Crippen LogP contribution is -2.47. The van der Waals surface area contributed by atoms with Crippen molar-refractivity contribution in [3.8, 4) is 0 Å². The molecule has 0 aliphatic heterocycles. The normalized spacial score (nSPS) is 13.7. The largest absolute Gasteiger partial charge is 0.472 e. The van der Waals surface area contributed by atoms with Crippen LogP contribution < -0.4 is 5.32 Å². The smallest absolute Gasteiger partial charge is 0.456 e. The topological polar surface area (TPSA) is 111 Å². The number of hydrogen-bond donors (Lipinski definition) is 2. The minimum atomic E-state index is -4.45. The first-order valence-electron chi connectivity index (χ1n) is 33.2. The summed E-state index contributed by atoms with van der Waals surface area (Å²) >= 11 is 0. The average Bonchev–Trinajstić information content (AvgIpc) is 3.38. The van der Waals surface area contributed by atoms with Gasteiger partial charge in [0.1, 0.15) is 19.3 Å². The van der Waals surface area contributed by atoms with Gasteiger partial charge in [-0.3, -0.25) is 18.6 Å². The van der Waals surface area contributed by atoms with E-state index in [1.54, 1.807) is 0 Å². The number of unbranched alkanes of at least 4 members (excludes halogenated alkanes) is 43. The molecule has 0 aromatic heterocycles. The molecule has 0 rings (SSSR count). The molecule has 3 unspecified atom stereocenters. The Hall–Kier alpha value is -1.51. The van der Waals surface area contributed by atoms with Crippen LogP contribution in [0.25, 0.3) is 0 Å². The molecule has 0 aliphatic carbocycles. The van der Waals surface area contributed by atoms with Crippen LogP contribution in [0.4, 0.5) is 0 Å². The summed E-state index contributed by atoms with van der Waals surface area (Å²) in [4.78, 5) is 37.7. The SMILES string of the molecule is CCCCCCCC/C=C\CCCCCC(=O)NC(COP(=O)(O)OCC[N+](C)(C)C)C(/C=C\CCCCCCCCCCCC)OC(=O)CCCCCCCCCCCCCCCCCCCCCCCCCCC. The van der Waals surface area contributed by atoms with Crippen LogP contribution in [0.5, 0.6) is 0 Å². The molecule has 0 saturated carbocycles.